The van der Waals surface area contributed by atoms with Crippen LogP contribution < -0.4 is 0 Å². The predicted molar refractivity (Wildman–Crippen MR) is 71.0 cm³/mol. The van der Waals surface area contributed by atoms with Crippen LogP contribution in [0.1, 0.15) is 18.2 Å². The van der Waals surface area contributed by atoms with Gasteiger partial charge in [0.05, 0.1) is 18.1 Å². The summed E-state index contributed by atoms with van der Waals surface area (Å²) < 4.78 is 7.09. The molecule has 3 aromatic heterocycles. The third-order valence-electron chi connectivity index (χ3n) is 3.11. The van der Waals surface area contributed by atoms with Crippen LogP contribution in [0.2, 0.25) is 0 Å². The van der Waals surface area contributed by atoms with Gasteiger partial charge in [0, 0.05) is 29.9 Å². The zero-order valence-corrected chi connectivity index (χ0v) is 10.9. The van der Waals surface area contributed by atoms with Crippen molar-refractivity contribution in [3.05, 3.63) is 48.2 Å². The Labute approximate surface area is 110 Å². The highest BCUT2D eigenvalue weighted by molar-refractivity contribution is 5.61. The predicted octanol–water partition coefficient (Wildman–Crippen LogP) is 2.79. The number of rotatable bonds is 3. The Morgan fingerprint density at radius 1 is 1.32 bits per heavy atom. The summed E-state index contributed by atoms with van der Waals surface area (Å²) in [5.41, 5.74) is 3.80. The van der Waals surface area contributed by atoms with Gasteiger partial charge in [0.15, 0.2) is 0 Å². The van der Waals surface area contributed by atoms with Crippen LogP contribution in [-0.2, 0) is 6.42 Å². The summed E-state index contributed by atoms with van der Waals surface area (Å²) in [5.74, 6) is 0.920. The first kappa shape index (κ1) is 11.6. The molecule has 0 aliphatic carbocycles. The second kappa shape index (κ2) is 4.68. The van der Waals surface area contributed by atoms with Gasteiger partial charge in [-0.15, -0.1) is 0 Å². The van der Waals surface area contributed by atoms with Crippen molar-refractivity contribution in [3.63, 3.8) is 0 Å². The lowest BCUT2D eigenvalue weighted by Crippen LogP contribution is -1.93. The van der Waals surface area contributed by atoms with Gasteiger partial charge in [-0.25, -0.2) is 4.68 Å². The number of aromatic nitrogens is 4. The molecule has 0 unspecified atom stereocenters. The third-order valence-corrected chi connectivity index (χ3v) is 3.11. The van der Waals surface area contributed by atoms with Crippen molar-refractivity contribution in [1.82, 2.24) is 19.9 Å². The summed E-state index contributed by atoms with van der Waals surface area (Å²) in [4.78, 5) is 4.08. The maximum atomic E-state index is 5.31. The molecule has 96 valence electrons. The molecule has 0 amide bonds. The van der Waals surface area contributed by atoms with Gasteiger partial charge in [-0.1, -0.05) is 12.1 Å². The lowest BCUT2D eigenvalue weighted by atomic mass is 10.1. The molecule has 19 heavy (non-hydrogen) atoms. The van der Waals surface area contributed by atoms with Crippen LogP contribution in [0.15, 0.2) is 41.4 Å². The van der Waals surface area contributed by atoms with Crippen molar-refractivity contribution >= 4 is 0 Å². The second-order valence-corrected chi connectivity index (χ2v) is 4.32. The maximum Gasteiger partial charge on any atom is 0.140 e. The van der Waals surface area contributed by atoms with E-state index in [9.17, 15) is 0 Å². The van der Waals surface area contributed by atoms with Crippen LogP contribution in [0.3, 0.4) is 0 Å². The van der Waals surface area contributed by atoms with E-state index >= 15 is 0 Å². The standard InChI is InChI=1S/C14H14N4O/c1-3-13-10(2)14(17-19-13)11-7-16-18(9-11)12-5-4-6-15-8-12/h4-9H,3H2,1-2H3. The van der Waals surface area contributed by atoms with Crippen molar-refractivity contribution in [1.29, 1.82) is 0 Å². The zero-order valence-electron chi connectivity index (χ0n) is 10.9. The SMILES string of the molecule is CCc1onc(-c2cnn(-c3cccnc3)c2)c1C. The zero-order chi connectivity index (χ0) is 13.2. The molecule has 5 heteroatoms. The van der Waals surface area contributed by atoms with Crippen LogP contribution in [-0.4, -0.2) is 19.9 Å². The Bertz CT molecular complexity index is 685. The van der Waals surface area contributed by atoms with Gasteiger partial charge in [-0.05, 0) is 19.1 Å². The first-order chi connectivity index (χ1) is 9.29. The number of hydrogen-bond acceptors (Lipinski definition) is 4. The molecular formula is C14H14N4O. The third kappa shape index (κ3) is 2.03. The average molecular weight is 254 g/mol. The Balaban J connectivity index is 1.99. The molecule has 0 saturated heterocycles. The van der Waals surface area contributed by atoms with E-state index in [1.54, 1.807) is 23.3 Å². The highest BCUT2D eigenvalue weighted by Crippen LogP contribution is 2.25. The van der Waals surface area contributed by atoms with Crippen molar-refractivity contribution in [2.24, 2.45) is 0 Å². The maximum absolute atomic E-state index is 5.31. The number of nitrogens with zero attached hydrogens (tertiary/aromatic N) is 4. The average Bonchev–Trinajstić information content (AvgIpc) is 3.06. The first-order valence-corrected chi connectivity index (χ1v) is 6.20. The quantitative estimate of drug-likeness (QED) is 0.721. The number of pyridine rings is 1. The van der Waals surface area contributed by atoms with Gasteiger partial charge in [-0.2, -0.15) is 5.10 Å². The molecule has 5 nitrogen and oxygen atoms in total. The molecule has 0 spiro atoms. The topological polar surface area (TPSA) is 56.7 Å². The molecule has 0 bridgehead atoms. The summed E-state index contributed by atoms with van der Waals surface area (Å²) in [6, 6.07) is 3.84. The van der Waals surface area contributed by atoms with Gasteiger partial charge in [0.2, 0.25) is 0 Å². The van der Waals surface area contributed by atoms with Crippen molar-refractivity contribution < 1.29 is 4.52 Å². The lowest BCUT2D eigenvalue weighted by Gasteiger charge is -1.98. The molecule has 0 N–H and O–H groups in total. The Kier molecular flexibility index (Phi) is 2.87. The fourth-order valence-electron chi connectivity index (χ4n) is 2.04. The Hall–Kier alpha value is -2.43. The highest BCUT2D eigenvalue weighted by Gasteiger charge is 2.14. The molecule has 0 aliphatic rings. The normalized spacial score (nSPS) is 10.8. The van der Waals surface area contributed by atoms with Gasteiger partial charge < -0.3 is 4.52 Å². The first-order valence-electron chi connectivity index (χ1n) is 6.20. The minimum Gasteiger partial charge on any atom is -0.361 e. The van der Waals surface area contributed by atoms with Gasteiger partial charge in [0.1, 0.15) is 11.5 Å². The van der Waals surface area contributed by atoms with Crippen molar-refractivity contribution in [2.45, 2.75) is 20.3 Å². The number of aryl methyl sites for hydroxylation is 1. The van der Waals surface area contributed by atoms with E-state index in [4.69, 9.17) is 4.52 Å². The monoisotopic (exact) mass is 254 g/mol. The largest absolute Gasteiger partial charge is 0.361 e. The van der Waals surface area contributed by atoms with Crippen LogP contribution in [0.5, 0.6) is 0 Å². The Morgan fingerprint density at radius 3 is 2.89 bits per heavy atom. The highest BCUT2D eigenvalue weighted by atomic mass is 16.5. The molecule has 0 atom stereocenters. The van der Waals surface area contributed by atoms with E-state index in [1.807, 2.05) is 25.3 Å². The van der Waals surface area contributed by atoms with Crippen molar-refractivity contribution in [2.75, 3.05) is 0 Å². The smallest absolute Gasteiger partial charge is 0.140 e. The van der Waals surface area contributed by atoms with E-state index < -0.39 is 0 Å². The molecule has 3 rings (SSSR count). The summed E-state index contributed by atoms with van der Waals surface area (Å²) >= 11 is 0. The minimum atomic E-state index is 0.843. The van der Waals surface area contributed by atoms with Crippen LogP contribution in [0, 0.1) is 6.92 Å². The van der Waals surface area contributed by atoms with Crippen LogP contribution in [0.4, 0.5) is 0 Å². The van der Waals surface area contributed by atoms with E-state index in [-0.39, 0.29) is 0 Å². The molecule has 0 saturated carbocycles. The Morgan fingerprint density at radius 2 is 2.21 bits per heavy atom. The molecule has 0 radical (unpaired) electrons. The second-order valence-electron chi connectivity index (χ2n) is 4.32. The fraction of sp³-hybridized carbons (Fsp3) is 0.214. The van der Waals surface area contributed by atoms with Gasteiger partial charge in [-0.3, -0.25) is 4.98 Å². The minimum absolute atomic E-state index is 0.843. The van der Waals surface area contributed by atoms with E-state index in [2.05, 4.69) is 22.2 Å². The molecule has 3 heterocycles. The molecule has 0 aromatic carbocycles. The lowest BCUT2D eigenvalue weighted by molar-refractivity contribution is 0.388. The van der Waals surface area contributed by atoms with E-state index in [0.29, 0.717) is 0 Å². The molecule has 3 aromatic rings. The summed E-state index contributed by atoms with van der Waals surface area (Å²) in [5, 5.41) is 8.45. The van der Waals surface area contributed by atoms with Gasteiger partial charge >= 0.3 is 0 Å². The molecule has 0 aliphatic heterocycles. The molecule has 0 fully saturated rings. The van der Waals surface area contributed by atoms with Crippen LogP contribution >= 0.6 is 0 Å². The summed E-state index contributed by atoms with van der Waals surface area (Å²) in [7, 11) is 0. The van der Waals surface area contributed by atoms with Gasteiger partial charge in [0.25, 0.3) is 0 Å². The fourth-order valence-corrected chi connectivity index (χ4v) is 2.04. The summed E-state index contributed by atoms with van der Waals surface area (Å²) in [6.45, 7) is 4.07. The van der Waals surface area contributed by atoms with E-state index in [0.717, 1.165) is 34.7 Å². The summed E-state index contributed by atoms with van der Waals surface area (Å²) in [6.07, 6.45) is 8.07. The van der Waals surface area contributed by atoms with E-state index in [1.165, 1.54) is 0 Å². The van der Waals surface area contributed by atoms with Crippen molar-refractivity contribution in [3.8, 4) is 16.9 Å². The number of hydrogen-bond donors (Lipinski definition) is 0. The van der Waals surface area contributed by atoms with Crippen LogP contribution in [0.25, 0.3) is 16.9 Å². The molecular weight excluding hydrogens is 240 g/mol.